The lowest BCUT2D eigenvalue weighted by atomic mass is 9.67. The van der Waals surface area contributed by atoms with E-state index in [-0.39, 0.29) is 0 Å². The third-order valence-electron chi connectivity index (χ3n) is 3.40. The number of hydrogen-bond donors (Lipinski definition) is 0. The third kappa shape index (κ3) is 1.95. The number of rotatable bonds is 4. The van der Waals surface area contributed by atoms with Gasteiger partial charge in [0.1, 0.15) is 0 Å². The Hall–Kier alpha value is -0.500. The third-order valence-corrected chi connectivity index (χ3v) is 3.97. The van der Waals surface area contributed by atoms with Crippen LogP contribution in [0, 0.1) is 5.41 Å². The van der Waals surface area contributed by atoms with Gasteiger partial charge in [0.2, 0.25) is 0 Å². The topological polar surface area (TPSA) is 17.8 Å². The van der Waals surface area contributed by atoms with E-state index >= 15 is 0 Å². The number of aromatic nitrogens is 2. The predicted octanol–water partition coefficient (Wildman–Crippen LogP) is 2.76. The first-order chi connectivity index (χ1) is 6.74. The van der Waals surface area contributed by atoms with E-state index in [1.54, 1.807) is 0 Å². The molecule has 0 bridgehead atoms. The Bertz CT molecular complexity index is 296. The molecule has 1 fully saturated rings. The number of aryl methyl sites for hydroxylation is 2. The fourth-order valence-corrected chi connectivity index (χ4v) is 2.54. The number of halogens is 1. The molecule has 0 radical (unpaired) electrons. The zero-order chi connectivity index (χ0) is 10.0. The largest absolute Gasteiger partial charge is 0.276 e. The highest BCUT2D eigenvalue weighted by Gasteiger charge is 2.35. The lowest BCUT2D eigenvalue weighted by Gasteiger charge is -2.40. The fraction of sp³-hybridized carbons (Fsp3) is 0.727. The maximum atomic E-state index is 6.01. The summed E-state index contributed by atoms with van der Waals surface area (Å²) >= 11 is 6.01. The molecule has 0 atom stereocenters. The van der Waals surface area contributed by atoms with Crippen molar-refractivity contribution in [2.75, 3.05) is 5.88 Å². The minimum absolute atomic E-state index is 0.456. The first-order valence-corrected chi connectivity index (χ1v) is 5.81. The van der Waals surface area contributed by atoms with Gasteiger partial charge < -0.3 is 0 Å². The van der Waals surface area contributed by atoms with Crippen LogP contribution in [0.3, 0.4) is 0 Å². The van der Waals surface area contributed by atoms with E-state index < -0.39 is 0 Å². The van der Waals surface area contributed by atoms with Gasteiger partial charge in [0.05, 0.1) is 6.20 Å². The predicted molar refractivity (Wildman–Crippen MR) is 58.5 cm³/mol. The summed E-state index contributed by atoms with van der Waals surface area (Å²) in [5, 5.41) is 4.17. The van der Waals surface area contributed by atoms with Crippen molar-refractivity contribution in [3.8, 4) is 0 Å². The number of alkyl halides is 1. The van der Waals surface area contributed by atoms with E-state index in [0.717, 1.165) is 12.3 Å². The summed E-state index contributed by atoms with van der Waals surface area (Å²) < 4.78 is 1.86. The lowest BCUT2D eigenvalue weighted by Crippen LogP contribution is -2.31. The van der Waals surface area contributed by atoms with E-state index in [2.05, 4.69) is 11.3 Å². The molecular weight excluding hydrogens is 196 g/mol. The summed E-state index contributed by atoms with van der Waals surface area (Å²) in [5.74, 6) is 0.827. The molecule has 1 aromatic rings. The van der Waals surface area contributed by atoms with Gasteiger partial charge in [-0.2, -0.15) is 5.10 Å². The van der Waals surface area contributed by atoms with Gasteiger partial charge in [0, 0.05) is 19.1 Å². The Morgan fingerprint density at radius 1 is 1.57 bits per heavy atom. The second kappa shape index (κ2) is 3.93. The van der Waals surface area contributed by atoms with Crippen molar-refractivity contribution in [1.29, 1.82) is 0 Å². The second-order valence-electron chi connectivity index (χ2n) is 4.51. The van der Waals surface area contributed by atoms with Gasteiger partial charge in [0.15, 0.2) is 0 Å². The molecule has 3 heteroatoms. The Morgan fingerprint density at radius 3 is 2.79 bits per heavy atom. The maximum Gasteiger partial charge on any atom is 0.0521 e. The maximum absolute atomic E-state index is 6.01. The Morgan fingerprint density at radius 2 is 2.36 bits per heavy atom. The van der Waals surface area contributed by atoms with Gasteiger partial charge in [-0.25, -0.2) is 0 Å². The van der Waals surface area contributed by atoms with E-state index in [9.17, 15) is 0 Å². The van der Waals surface area contributed by atoms with Crippen molar-refractivity contribution in [2.45, 2.75) is 32.1 Å². The average Bonchev–Trinajstić information content (AvgIpc) is 2.50. The normalized spacial score (nSPS) is 19.3. The first kappa shape index (κ1) is 10.0. The quantitative estimate of drug-likeness (QED) is 0.702. The zero-order valence-electron chi connectivity index (χ0n) is 8.67. The molecule has 0 aromatic carbocycles. The van der Waals surface area contributed by atoms with Crippen LogP contribution in [0.25, 0.3) is 0 Å². The molecule has 0 N–H and O–H groups in total. The Balaban J connectivity index is 1.87. The van der Waals surface area contributed by atoms with Crippen LogP contribution in [0.4, 0.5) is 0 Å². The Kier molecular flexibility index (Phi) is 2.82. The van der Waals surface area contributed by atoms with Crippen LogP contribution in [0.15, 0.2) is 12.4 Å². The highest BCUT2D eigenvalue weighted by molar-refractivity contribution is 6.18. The van der Waals surface area contributed by atoms with Crippen molar-refractivity contribution >= 4 is 11.6 Å². The van der Waals surface area contributed by atoms with Gasteiger partial charge in [0.25, 0.3) is 0 Å². The lowest BCUT2D eigenvalue weighted by molar-refractivity contribution is 0.152. The van der Waals surface area contributed by atoms with Gasteiger partial charge in [-0.05, 0) is 36.7 Å². The molecule has 1 heterocycles. The Labute approximate surface area is 90.3 Å². The van der Waals surface area contributed by atoms with Crippen LogP contribution in [-0.2, 0) is 13.5 Å². The van der Waals surface area contributed by atoms with Crippen LogP contribution in [-0.4, -0.2) is 15.7 Å². The smallest absolute Gasteiger partial charge is 0.0521 e. The molecule has 0 unspecified atom stereocenters. The van der Waals surface area contributed by atoms with Gasteiger partial charge in [-0.1, -0.05) is 6.42 Å². The summed E-state index contributed by atoms with van der Waals surface area (Å²) in [6, 6.07) is 0. The standard InChI is InChI=1S/C11H17ClN2/c1-14-8-10(7-13-14)3-6-11(9-12)4-2-5-11/h7-8H,2-6,9H2,1H3. The molecule has 78 valence electrons. The van der Waals surface area contributed by atoms with Crippen molar-refractivity contribution in [1.82, 2.24) is 9.78 Å². The molecule has 14 heavy (non-hydrogen) atoms. The van der Waals surface area contributed by atoms with Crippen LogP contribution >= 0.6 is 11.6 Å². The SMILES string of the molecule is Cn1cc(CCC2(CCl)CCC2)cn1. The summed E-state index contributed by atoms with van der Waals surface area (Å²) in [7, 11) is 1.96. The minimum atomic E-state index is 0.456. The molecule has 1 saturated carbocycles. The minimum Gasteiger partial charge on any atom is -0.276 e. The van der Waals surface area contributed by atoms with E-state index in [4.69, 9.17) is 11.6 Å². The molecule has 0 aliphatic heterocycles. The highest BCUT2D eigenvalue weighted by Crippen LogP contribution is 2.45. The van der Waals surface area contributed by atoms with Crippen molar-refractivity contribution in [2.24, 2.45) is 12.5 Å². The van der Waals surface area contributed by atoms with E-state index in [1.807, 2.05) is 17.9 Å². The molecule has 1 aliphatic rings. The van der Waals surface area contributed by atoms with Crippen LogP contribution in [0.1, 0.15) is 31.2 Å². The van der Waals surface area contributed by atoms with E-state index in [0.29, 0.717) is 5.41 Å². The van der Waals surface area contributed by atoms with Gasteiger partial charge in [-0.3, -0.25) is 4.68 Å². The summed E-state index contributed by atoms with van der Waals surface area (Å²) in [4.78, 5) is 0. The molecule has 0 saturated heterocycles. The molecular formula is C11H17ClN2. The van der Waals surface area contributed by atoms with Crippen molar-refractivity contribution in [3.63, 3.8) is 0 Å². The zero-order valence-corrected chi connectivity index (χ0v) is 9.43. The first-order valence-electron chi connectivity index (χ1n) is 5.28. The molecule has 0 spiro atoms. The van der Waals surface area contributed by atoms with Gasteiger partial charge >= 0.3 is 0 Å². The van der Waals surface area contributed by atoms with Crippen molar-refractivity contribution in [3.05, 3.63) is 18.0 Å². The van der Waals surface area contributed by atoms with E-state index in [1.165, 1.54) is 31.2 Å². The van der Waals surface area contributed by atoms with Crippen LogP contribution in [0.5, 0.6) is 0 Å². The monoisotopic (exact) mass is 212 g/mol. The average molecular weight is 213 g/mol. The van der Waals surface area contributed by atoms with Crippen molar-refractivity contribution < 1.29 is 0 Å². The molecule has 1 aromatic heterocycles. The number of nitrogens with zero attached hydrogens (tertiary/aromatic N) is 2. The molecule has 2 rings (SSSR count). The summed E-state index contributed by atoms with van der Waals surface area (Å²) in [6.07, 6.45) is 10.4. The molecule has 2 nitrogen and oxygen atoms in total. The van der Waals surface area contributed by atoms with Crippen LogP contribution < -0.4 is 0 Å². The molecule has 0 amide bonds. The highest BCUT2D eigenvalue weighted by atomic mass is 35.5. The van der Waals surface area contributed by atoms with Gasteiger partial charge in [-0.15, -0.1) is 11.6 Å². The summed E-state index contributed by atoms with van der Waals surface area (Å²) in [5.41, 5.74) is 1.79. The summed E-state index contributed by atoms with van der Waals surface area (Å²) in [6.45, 7) is 0. The second-order valence-corrected chi connectivity index (χ2v) is 4.78. The number of hydrogen-bond acceptors (Lipinski definition) is 1. The fourth-order valence-electron chi connectivity index (χ4n) is 2.14. The van der Waals surface area contributed by atoms with Crippen LogP contribution in [0.2, 0.25) is 0 Å². The molecule has 1 aliphatic carbocycles.